The summed E-state index contributed by atoms with van der Waals surface area (Å²) < 4.78 is 10.2. The molecule has 0 saturated heterocycles. The van der Waals surface area contributed by atoms with Gasteiger partial charge in [-0.15, -0.1) is 0 Å². The molecule has 1 aliphatic rings. The minimum absolute atomic E-state index is 0.0167. The molecule has 0 bridgehead atoms. The summed E-state index contributed by atoms with van der Waals surface area (Å²) in [6, 6.07) is 0. The number of hydrogen-bond donors (Lipinski definition) is 1. The van der Waals surface area contributed by atoms with Crippen LogP contribution in [0.1, 0.15) is 0 Å². The number of ether oxygens (including phenoxy) is 2. The van der Waals surface area contributed by atoms with Crippen molar-refractivity contribution in [1.82, 2.24) is 0 Å². The monoisotopic (exact) mass is 156 g/mol. The van der Waals surface area contributed by atoms with Crippen molar-refractivity contribution in [2.75, 3.05) is 13.7 Å². The van der Waals surface area contributed by atoms with E-state index in [0.717, 1.165) is 5.57 Å². The molecule has 2 atom stereocenters. The lowest BCUT2D eigenvalue weighted by molar-refractivity contribution is -0.111. The average Bonchev–Trinajstić information content (AvgIpc) is 2.46. The summed E-state index contributed by atoms with van der Waals surface area (Å²) in [5.41, 5.74) is 0.881. The Balaban J connectivity index is 2.62. The van der Waals surface area contributed by atoms with Crippen molar-refractivity contribution in [2.45, 2.75) is 12.4 Å². The maximum absolute atomic E-state index is 8.73. The molecule has 0 aromatic heterocycles. The van der Waals surface area contributed by atoms with Gasteiger partial charge in [0.2, 0.25) is 0 Å². The van der Waals surface area contributed by atoms with E-state index in [1.807, 2.05) is 0 Å². The number of aliphatic hydroxyl groups excluding tert-OH is 1. The third kappa shape index (κ3) is 1.68. The summed E-state index contributed by atoms with van der Waals surface area (Å²) in [5.74, 6) is 0. The van der Waals surface area contributed by atoms with Crippen molar-refractivity contribution in [2.24, 2.45) is 0 Å². The van der Waals surface area contributed by atoms with Crippen LogP contribution in [0.15, 0.2) is 24.3 Å². The summed E-state index contributed by atoms with van der Waals surface area (Å²) in [5, 5.41) is 8.73. The first kappa shape index (κ1) is 8.46. The molecule has 1 aliphatic heterocycles. The number of rotatable bonds is 3. The topological polar surface area (TPSA) is 38.7 Å². The molecule has 3 nitrogen and oxygen atoms in total. The molecular weight excluding hydrogens is 144 g/mol. The van der Waals surface area contributed by atoms with Gasteiger partial charge in [-0.25, -0.2) is 0 Å². The predicted octanol–water partition coefficient (Wildman–Crippen LogP) is 0.462. The first-order chi connectivity index (χ1) is 5.31. The van der Waals surface area contributed by atoms with Crippen molar-refractivity contribution in [3.63, 3.8) is 0 Å². The molecule has 0 aromatic carbocycles. The fourth-order valence-corrected chi connectivity index (χ4v) is 1.02. The van der Waals surface area contributed by atoms with Crippen molar-refractivity contribution < 1.29 is 14.6 Å². The molecular formula is C8H12O3. The van der Waals surface area contributed by atoms with Gasteiger partial charge in [-0.05, 0) is 6.08 Å². The molecule has 0 aliphatic carbocycles. The summed E-state index contributed by atoms with van der Waals surface area (Å²) in [6.07, 6.45) is 2.88. The van der Waals surface area contributed by atoms with E-state index in [1.165, 1.54) is 0 Å². The second-order valence-electron chi connectivity index (χ2n) is 2.30. The van der Waals surface area contributed by atoms with E-state index in [0.29, 0.717) is 0 Å². The molecule has 0 saturated carbocycles. The van der Waals surface area contributed by atoms with E-state index in [-0.39, 0.29) is 19.0 Å². The zero-order valence-corrected chi connectivity index (χ0v) is 6.49. The minimum atomic E-state index is -0.357. The highest BCUT2D eigenvalue weighted by atomic mass is 16.7. The van der Waals surface area contributed by atoms with Gasteiger partial charge in [0.05, 0.1) is 6.61 Å². The van der Waals surface area contributed by atoms with Crippen LogP contribution in [0.25, 0.3) is 0 Å². The highest BCUT2D eigenvalue weighted by molar-refractivity contribution is 5.24. The second kappa shape index (κ2) is 3.67. The SMILES string of the molecule is C=CC1=C[C@@H](CO)O[C@H]1OC. The lowest BCUT2D eigenvalue weighted by Crippen LogP contribution is -2.18. The van der Waals surface area contributed by atoms with Crippen LogP contribution in [0.5, 0.6) is 0 Å². The van der Waals surface area contributed by atoms with Crippen LogP contribution in [0, 0.1) is 0 Å². The molecule has 0 unspecified atom stereocenters. The Kier molecular flexibility index (Phi) is 2.82. The lowest BCUT2D eigenvalue weighted by atomic mass is 10.2. The van der Waals surface area contributed by atoms with E-state index in [4.69, 9.17) is 14.6 Å². The van der Waals surface area contributed by atoms with Crippen molar-refractivity contribution >= 4 is 0 Å². The summed E-state index contributed by atoms with van der Waals surface area (Å²) in [7, 11) is 1.56. The third-order valence-electron chi connectivity index (χ3n) is 1.58. The van der Waals surface area contributed by atoms with Gasteiger partial charge in [-0.3, -0.25) is 0 Å². The minimum Gasteiger partial charge on any atom is -0.393 e. The Bertz CT molecular complexity index is 174. The van der Waals surface area contributed by atoms with Gasteiger partial charge >= 0.3 is 0 Å². The molecule has 1 rings (SSSR count). The number of aliphatic hydroxyl groups is 1. The highest BCUT2D eigenvalue weighted by Crippen LogP contribution is 2.20. The van der Waals surface area contributed by atoms with E-state index in [1.54, 1.807) is 19.3 Å². The summed E-state index contributed by atoms with van der Waals surface area (Å²) >= 11 is 0. The fraction of sp³-hybridized carbons (Fsp3) is 0.500. The van der Waals surface area contributed by atoms with Gasteiger partial charge in [0.1, 0.15) is 6.10 Å². The normalized spacial score (nSPS) is 30.2. The first-order valence-corrected chi connectivity index (χ1v) is 3.45. The quantitative estimate of drug-likeness (QED) is 0.645. The molecule has 3 heteroatoms. The van der Waals surface area contributed by atoms with Crippen molar-refractivity contribution in [3.8, 4) is 0 Å². The molecule has 1 N–H and O–H groups in total. The molecule has 0 spiro atoms. The second-order valence-corrected chi connectivity index (χ2v) is 2.30. The number of hydrogen-bond acceptors (Lipinski definition) is 3. The van der Waals surface area contributed by atoms with Crippen LogP contribution in [0.3, 0.4) is 0 Å². The van der Waals surface area contributed by atoms with Gasteiger partial charge in [-0.2, -0.15) is 0 Å². The van der Waals surface area contributed by atoms with Crippen LogP contribution in [-0.2, 0) is 9.47 Å². The molecule has 0 radical (unpaired) electrons. The lowest BCUT2D eigenvalue weighted by Gasteiger charge is -2.11. The molecule has 1 heterocycles. The van der Waals surface area contributed by atoms with Crippen LogP contribution in [0.4, 0.5) is 0 Å². The Hall–Kier alpha value is -0.640. The van der Waals surface area contributed by atoms with Gasteiger partial charge < -0.3 is 14.6 Å². The highest BCUT2D eigenvalue weighted by Gasteiger charge is 2.23. The third-order valence-corrected chi connectivity index (χ3v) is 1.58. The summed E-state index contributed by atoms with van der Waals surface area (Å²) in [6.45, 7) is 3.58. The van der Waals surface area contributed by atoms with E-state index in [2.05, 4.69) is 6.58 Å². The largest absolute Gasteiger partial charge is 0.393 e. The standard InChI is InChI=1S/C8H12O3/c1-3-6-4-7(5-9)11-8(6)10-2/h3-4,7-9H,1,5H2,2H3/t7-,8+/m0/s1. The van der Waals surface area contributed by atoms with Gasteiger partial charge in [0, 0.05) is 12.7 Å². The smallest absolute Gasteiger partial charge is 0.184 e. The average molecular weight is 156 g/mol. The maximum atomic E-state index is 8.73. The van der Waals surface area contributed by atoms with E-state index >= 15 is 0 Å². The Morgan fingerprint density at radius 1 is 1.91 bits per heavy atom. The maximum Gasteiger partial charge on any atom is 0.184 e. The molecule has 0 amide bonds. The Labute approximate surface area is 65.9 Å². The fourth-order valence-electron chi connectivity index (χ4n) is 1.02. The van der Waals surface area contributed by atoms with Crippen molar-refractivity contribution in [1.29, 1.82) is 0 Å². The molecule has 11 heavy (non-hydrogen) atoms. The molecule has 0 fully saturated rings. The zero-order valence-electron chi connectivity index (χ0n) is 6.49. The Morgan fingerprint density at radius 3 is 3.00 bits per heavy atom. The Morgan fingerprint density at radius 2 is 2.64 bits per heavy atom. The van der Waals surface area contributed by atoms with Crippen LogP contribution < -0.4 is 0 Å². The van der Waals surface area contributed by atoms with Gasteiger partial charge in [-0.1, -0.05) is 12.7 Å². The van der Waals surface area contributed by atoms with Gasteiger partial charge in [0.25, 0.3) is 0 Å². The van der Waals surface area contributed by atoms with Crippen LogP contribution >= 0.6 is 0 Å². The van der Waals surface area contributed by atoms with Crippen LogP contribution in [0.2, 0.25) is 0 Å². The van der Waals surface area contributed by atoms with E-state index in [9.17, 15) is 0 Å². The van der Waals surface area contributed by atoms with Crippen LogP contribution in [-0.4, -0.2) is 31.2 Å². The molecule has 62 valence electrons. The van der Waals surface area contributed by atoms with Gasteiger partial charge in [0.15, 0.2) is 6.29 Å². The van der Waals surface area contributed by atoms with E-state index < -0.39 is 0 Å². The van der Waals surface area contributed by atoms with Crippen molar-refractivity contribution in [3.05, 3.63) is 24.3 Å². The molecule has 0 aromatic rings. The predicted molar refractivity (Wildman–Crippen MR) is 41.0 cm³/mol. The summed E-state index contributed by atoms with van der Waals surface area (Å²) in [4.78, 5) is 0. The zero-order chi connectivity index (χ0) is 8.27. The first-order valence-electron chi connectivity index (χ1n) is 3.45. The number of methoxy groups -OCH3 is 1.